The topological polar surface area (TPSA) is 73.0 Å². The van der Waals surface area contributed by atoms with E-state index in [1.54, 1.807) is 0 Å². The fraction of sp³-hybridized carbons (Fsp3) is 0.435. The minimum Gasteiger partial charge on any atom is -0.369 e. The summed E-state index contributed by atoms with van der Waals surface area (Å²) in [5, 5.41) is 3.13. The third-order valence-corrected chi connectivity index (χ3v) is 8.29. The number of rotatable bonds is 7. The molecule has 2 aliphatic heterocycles. The molecule has 0 atom stereocenters. The van der Waals surface area contributed by atoms with Crippen molar-refractivity contribution in [2.24, 2.45) is 0 Å². The Bertz CT molecular complexity index is 1030. The van der Waals surface area contributed by atoms with Crippen LogP contribution in [0.15, 0.2) is 53.4 Å². The lowest BCUT2D eigenvalue weighted by atomic mass is 10.2. The van der Waals surface area contributed by atoms with Crippen molar-refractivity contribution in [1.82, 2.24) is 9.21 Å². The smallest absolute Gasteiger partial charge is 0.243 e. The quantitative estimate of drug-likeness (QED) is 0.664. The first kappa shape index (κ1) is 23.0. The molecule has 0 radical (unpaired) electrons. The second kappa shape index (κ2) is 10.2. The number of piperazine rings is 1. The Hall–Kier alpha value is -2.13. The number of benzene rings is 2. The highest BCUT2D eigenvalue weighted by Crippen LogP contribution is 2.28. The van der Waals surface area contributed by atoms with Crippen LogP contribution in [0, 0.1) is 0 Å². The van der Waals surface area contributed by atoms with Gasteiger partial charge in [0.1, 0.15) is 0 Å². The van der Waals surface area contributed by atoms with Crippen molar-refractivity contribution in [3.63, 3.8) is 0 Å². The maximum Gasteiger partial charge on any atom is 0.243 e. The van der Waals surface area contributed by atoms with Gasteiger partial charge in [0.25, 0.3) is 0 Å². The lowest BCUT2D eigenvalue weighted by Crippen LogP contribution is -2.47. The summed E-state index contributed by atoms with van der Waals surface area (Å²) in [6, 6.07) is 14.8. The Morgan fingerprint density at radius 1 is 0.938 bits per heavy atom. The van der Waals surface area contributed by atoms with E-state index in [0.717, 1.165) is 39.0 Å². The van der Waals surface area contributed by atoms with E-state index in [9.17, 15) is 13.2 Å². The zero-order valence-corrected chi connectivity index (χ0v) is 19.6. The third-order valence-electron chi connectivity index (χ3n) is 6.06. The highest BCUT2D eigenvalue weighted by atomic mass is 35.5. The number of halogens is 1. The van der Waals surface area contributed by atoms with E-state index in [-0.39, 0.29) is 10.8 Å². The van der Waals surface area contributed by atoms with Crippen LogP contribution in [0.1, 0.15) is 19.3 Å². The van der Waals surface area contributed by atoms with Crippen molar-refractivity contribution in [1.29, 1.82) is 0 Å². The Kier molecular flexibility index (Phi) is 7.35. The minimum absolute atomic E-state index is 0.163. The first-order valence-corrected chi connectivity index (χ1v) is 12.9. The molecule has 2 heterocycles. The van der Waals surface area contributed by atoms with Crippen molar-refractivity contribution in [2.45, 2.75) is 24.2 Å². The Morgan fingerprint density at radius 2 is 1.62 bits per heavy atom. The van der Waals surface area contributed by atoms with Crippen molar-refractivity contribution >= 4 is 38.9 Å². The van der Waals surface area contributed by atoms with E-state index in [1.165, 1.54) is 28.2 Å². The van der Waals surface area contributed by atoms with Crippen LogP contribution in [0.2, 0.25) is 5.02 Å². The molecule has 32 heavy (non-hydrogen) atoms. The number of anilines is 2. The molecule has 0 saturated carbocycles. The first-order valence-electron chi connectivity index (χ1n) is 11.1. The molecule has 0 spiro atoms. The summed E-state index contributed by atoms with van der Waals surface area (Å²) in [6.07, 6.45) is 2.07. The lowest BCUT2D eigenvalue weighted by Gasteiger charge is -2.36. The number of carbonyl (C=O) groups excluding carboxylic acids is 1. The molecular weight excluding hydrogens is 448 g/mol. The minimum atomic E-state index is -3.56. The molecule has 4 rings (SSSR count). The zero-order valence-electron chi connectivity index (χ0n) is 18.0. The SMILES string of the molecule is O=C(CCN1CCN(c2ccccc2)CC1)Nc1cc(S(=O)(=O)N2CCCC2)ccc1Cl. The van der Waals surface area contributed by atoms with Gasteiger partial charge in [-0.25, -0.2) is 8.42 Å². The Labute approximate surface area is 195 Å². The molecule has 2 aliphatic rings. The second-order valence-electron chi connectivity index (χ2n) is 8.22. The van der Waals surface area contributed by atoms with Crippen LogP contribution in [0.3, 0.4) is 0 Å². The molecular formula is C23H29ClN4O3S. The maximum atomic E-state index is 12.8. The molecule has 1 amide bonds. The van der Waals surface area contributed by atoms with E-state index < -0.39 is 10.0 Å². The summed E-state index contributed by atoms with van der Waals surface area (Å²) in [4.78, 5) is 17.3. The van der Waals surface area contributed by atoms with Crippen LogP contribution in [0.4, 0.5) is 11.4 Å². The summed E-state index contributed by atoms with van der Waals surface area (Å²) in [5.74, 6) is -0.173. The standard InChI is InChI=1S/C23H29ClN4O3S/c24-21-9-8-20(32(30,31)28-11-4-5-12-28)18-22(21)25-23(29)10-13-26-14-16-27(17-15-26)19-6-2-1-3-7-19/h1-3,6-9,18H,4-5,10-17H2,(H,25,29). The second-order valence-corrected chi connectivity index (χ2v) is 10.6. The zero-order chi connectivity index (χ0) is 22.6. The summed E-state index contributed by atoms with van der Waals surface area (Å²) in [5.41, 5.74) is 1.56. The molecule has 2 aromatic rings. The van der Waals surface area contributed by atoms with Gasteiger partial charge in [-0.2, -0.15) is 4.31 Å². The molecule has 0 bridgehead atoms. The Morgan fingerprint density at radius 3 is 2.31 bits per heavy atom. The van der Waals surface area contributed by atoms with Gasteiger partial charge in [0, 0.05) is 57.9 Å². The monoisotopic (exact) mass is 476 g/mol. The van der Waals surface area contributed by atoms with E-state index in [0.29, 0.717) is 36.8 Å². The van der Waals surface area contributed by atoms with Gasteiger partial charge >= 0.3 is 0 Å². The summed E-state index contributed by atoms with van der Waals surface area (Å²) < 4.78 is 27.1. The highest BCUT2D eigenvalue weighted by molar-refractivity contribution is 7.89. The fourth-order valence-corrected chi connectivity index (χ4v) is 5.89. The van der Waals surface area contributed by atoms with Crippen LogP contribution in [0.5, 0.6) is 0 Å². The number of nitrogens with one attached hydrogen (secondary N) is 1. The molecule has 2 saturated heterocycles. The van der Waals surface area contributed by atoms with Gasteiger partial charge in [0.05, 0.1) is 15.6 Å². The number of nitrogens with zero attached hydrogens (tertiary/aromatic N) is 3. The van der Waals surface area contributed by atoms with Gasteiger partial charge in [0.15, 0.2) is 0 Å². The van der Waals surface area contributed by atoms with Crippen LogP contribution in [0.25, 0.3) is 0 Å². The van der Waals surface area contributed by atoms with E-state index in [1.807, 2.05) is 18.2 Å². The molecule has 7 nitrogen and oxygen atoms in total. The van der Waals surface area contributed by atoms with Crippen LogP contribution >= 0.6 is 11.6 Å². The van der Waals surface area contributed by atoms with Gasteiger partial charge in [-0.1, -0.05) is 29.8 Å². The summed E-state index contributed by atoms with van der Waals surface area (Å²) in [6.45, 7) is 5.35. The van der Waals surface area contributed by atoms with Gasteiger partial charge in [-0.05, 0) is 43.2 Å². The summed E-state index contributed by atoms with van der Waals surface area (Å²) >= 11 is 6.23. The van der Waals surface area contributed by atoms with Crippen molar-refractivity contribution in [3.8, 4) is 0 Å². The van der Waals surface area contributed by atoms with Gasteiger partial charge in [-0.3, -0.25) is 9.69 Å². The van der Waals surface area contributed by atoms with E-state index in [2.05, 4.69) is 27.2 Å². The Balaban J connectivity index is 1.30. The largest absolute Gasteiger partial charge is 0.369 e. The number of sulfonamides is 1. The predicted octanol–water partition coefficient (Wildman–Crippen LogP) is 3.28. The third kappa shape index (κ3) is 5.43. The number of hydrogen-bond acceptors (Lipinski definition) is 5. The van der Waals surface area contributed by atoms with Gasteiger partial charge in [-0.15, -0.1) is 0 Å². The number of hydrogen-bond donors (Lipinski definition) is 1. The van der Waals surface area contributed by atoms with Crippen LogP contribution in [-0.4, -0.2) is 69.3 Å². The molecule has 172 valence electrons. The summed E-state index contributed by atoms with van der Waals surface area (Å²) in [7, 11) is -3.56. The number of para-hydroxylation sites is 1. The van der Waals surface area contributed by atoms with Crippen LogP contribution in [-0.2, 0) is 14.8 Å². The molecule has 0 aliphatic carbocycles. The van der Waals surface area contributed by atoms with Crippen molar-refractivity contribution in [2.75, 3.05) is 56.0 Å². The van der Waals surface area contributed by atoms with Crippen LogP contribution < -0.4 is 10.2 Å². The molecule has 0 aromatic heterocycles. The predicted molar refractivity (Wildman–Crippen MR) is 128 cm³/mol. The number of carbonyl (C=O) groups is 1. The normalized spacial score (nSPS) is 18.1. The van der Waals surface area contributed by atoms with E-state index >= 15 is 0 Å². The van der Waals surface area contributed by atoms with E-state index in [4.69, 9.17) is 11.6 Å². The van der Waals surface area contributed by atoms with Gasteiger partial charge in [0.2, 0.25) is 15.9 Å². The highest BCUT2D eigenvalue weighted by Gasteiger charge is 2.28. The molecule has 9 heteroatoms. The molecule has 2 fully saturated rings. The average Bonchev–Trinajstić information content (AvgIpc) is 3.36. The van der Waals surface area contributed by atoms with Gasteiger partial charge < -0.3 is 10.2 Å². The van der Waals surface area contributed by atoms with Crippen molar-refractivity contribution < 1.29 is 13.2 Å². The molecule has 1 N–H and O–H groups in total. The first-order chi connectivity index (χ1) is 15.4. The average molecular weight is 477 g/mol. The molecule has 0 unspecified atom stereocenters. The lowest BCUT2D eigenvalue weighted by molar-refractivity contribution is -0.116. The fourth-order valence-electron chi connectivity index (χ4n) is 4.18. The molecule has 2 aromatic carbocycles. The maximum absolute atomic E-state index is 12.8. The number of amides is 1. The van der Waals surface area contributed by atoms with Crippen molar-refractivity contribution in [3.05, 3.63) is 53.6 Å².